The molecule has 1 aliphatic rings. The van der Waals surface area contributed by atoms with Crippen LogP contribution in [-0.2, 0) is 17.9 Å². The van der Waals surface area contributed by atoms with Crippen molar-refractivity contribution < 1.29 is 19.1 Å². The number of carbonyl (C=O) groups is 2. The molecule has 0 saturated carbocycles. The number of amides is 3. The third-order valence-electron chi connectivity index (χ3n) is 6.74. The molecular weight excluding hydrogens is 506 g/mol. The second-order valence-electron chi connectivity index (χ2n) is 9.66. The van der Waals surface area contributed by atoms with Gasteiger partial charge in [0, 0.05) is 63.3 Å². The lowest BCUT2D eigenvalue weighted by Gasteiger charge is -2.36. The van der Waals surface area contributed by atoms with Crippen molar-refractivity contribution in [3.63, 3.8) is 0 Å². The Hall–Kier alpha value is -3.46. The van der Waals surface area contributed by atoms with Crippen LogP contribution in [0.4, 0.5) is 10.5 Å². The molecular formula is C28H36ClN5O4. The molecule has 10 heteroatoms. The van der Waals surface area contributed by atoms with Gasteiger partial charge in [0.15, 0.2) is 11.5 Å². The molecule has 0 spiro atoms. The lowest BCUT2D eigenvalue weighted by molar-refractivity contribution is -0.129. The molecule has 1 saturated heterocycles. The van der Waals surface area contributed by atoms with Gasteiger partial charge in [0.2, 0.25) is 5.91 Å². The first-order valence-corrected chi connectivity index (χ1v) is 13.4. The van der Waals surface area contributed by atoms with Gasteiger partial charge in [-0.2, -0.15) is 0 Å². The normalized spacial score (nSPS) is 13.8. The van der Waals surface area contributed by atoms with Crippen LogP contribution in [0.25, 0.3) is 11.0 Å². The number of aromatic nitrogens is 2. The standard InChI is InChI=1S/C28H36ClN5O4/c1-5-6-7-15-38-24-16-21(9-10-23(24)37-4)34-14-8-13-32(28(34)36)17-20-11-12-30-27-26(20)22(29)18-33(27)19-25(35)31(2)3/h9-12,16,18H,5-8,13-15,17,19H2,1-4H3. The largest absolute Gasteiger partial charge is 0.493 e. The van der Waals surface area contributed by atoms with Gasteiger partial charge in [0.25, 0.3) is 0 Å². The number of urea groups is 1. The number of halogens is 1. The molecule has 2 aromatic heterocycles. The van der Waals surface area contributed by atoms with Gasteiger partial charge in [-0.05, 0) is 36.6 Å². The quantitative estimate of drug-likeness (QED) is 0.312. The third kappa shape index (κ3) is 5.99. The lowest BCUT2D eigenvalue weighted by atomic mass is 10.1. The Bertz CT molecular complexity index is 1290. The first-order chi connectivity index (χ1) is 18.3. The molecule has 0 radical (unpaired) electrons. The molecule has 0 unspecified atom stereocenters. The number of nitrogens with zero attached hydrogens (tertiary/aromatic N) is 5. The summed E-state index contributed by atoms with van der Waals surface area (Å²) in [5.74, 6) is 1.24. The summed E-state index contributed by atoms with van der Waals surface area (Å²) in [7, 11) is 5.05. The first-order valence-electron chi connectivity index (χ1n) is 13.0. The minimum absolute atomic E-state index is 0.0548. The third-order valence-corrected chi connectivity index (χ3v) is 7.03. The summed E-state index contributed by atoms with van der Waals surface area (Å²) in [5.41, 5.74) is 2.29. The zero-order valence-corrected chi connectivity index (χ0v) is 23.3. The van der Waals surface area contributed by atoms with Crippen LogP contribution < -0.4 is 14.4 Å². The summed E-state index contributed by atoms with van der Waals surface area (Å²) < 4.78 is 13.2. The van der Waals surface area contributed by atoms with Crippen LogP contribution in [0, 0.1) is 0 Å². The summed E-state index contributed by atoms with van der Waals surface area (Å²) in [6.07, 6.45) is 7.44. The lowest BCUT2D eigenvalue weighted by Crippen LogP contribution is -2.49. The fourth-order valence-electron chi connectivity index (χ4n) is 4.62. The number of fused-ring (bicyclic) bond motifs is 1. The fourth-order valence-corrected chi connectivity index (χ4v) is 4.95. The number of hydrogen-bond donors (Lipinski definition) is 0. The number of ether oxygens (including phenoxy) is 2. The van der Waals surface area contributed by atoms with Crippen molar-refractivity contribution in [3.05, 3.63) is 47.2 Å². The summed E-state index contributed by atoms with van der Waals surface area (Å²) in [6, 6.07) is 7.43. The van der Waals surface area contributed by atoms with Crippen molar-refractivity contribution >= 4 is 40.3 Å². The Labute approximate surface area is 228 Å². The number of likely N-dealkylation sites (N-methyl/N-ethyl adjacent to an activating group) is 1. The number of methoxy groups -OCH3 is 1. The van der Waals surface area contributed by atoms with Crippen molar-refractivity contribution in [2.75, 3.05) is 45.8 Å². The van der Waals surface area contributed by atoms with Crippen molar-refractivity contribution in [1.29, 1.82) is 0 Å². The summed E-state index contributed by atoms with van der Waals surface area (Å²) >= 11 is 6.61. The zero-order valence-electron chi connectivity index (χ0n) is 22.6. The molecule has 9 nitrogen and oxygen atoms in total. The zero-order chi connectivity index (χ0) is 27.2. The summed E-state index contributed by atoms with van der Waals surface area (Å²) in [5, 5.41) is 1.27. The summed E-state index contributed by atoms with van der Waals surface area (Å²) in [6.45, 7) is 4.53. The minimum atomic E-state index is -0.0818. The van der Waals surface area contributed by atoms with Gasteiger partial charge in [-0.1, -0.05) is 31.4 Å². The molecule has 204 valence electrons. The molecule has 0 aliphatic carbocycles. The second-order valence-corrected chi connectivity index (χ2v) is 10.1. The number of anilines is 1. The van der Waals surface area contributed by atoms with E-state index in [1.54, 1.807) is 43.1 Å². The highest BCUT2D eigenvalue weighted by atomic mass is 35.5. The Morgan fingerprint density at radius 3 is 2.71 bits per heavy atom. The molecule has 1 aromatic carbocycles. The maximum Gasteiger partial charge on any atom is 0.324 e. The van der Waals surface area contributed by atoms with E-state index in [0.29, 0.717) is 48.4 Å². The van der Waals surface area contributed by atoms with Gasteiger partial charge in [0.1, 0.15) is 12.2 Å². The Morgan fingerprint density at radius 1 is 1.16 bits per heavy atom. The van der Waals surface area contributed by atoms with Gasteiger partial charge in [-0.25, -0.2) is 9.78 Å². The van der Waals surface area contributed by atoms with Gasteiger partial charge >= 0.3 is 6.03 Å². The van der Waals surface area contributed by atoms with E-state index in [4.69, 9.17) is 21.1 Å². The van der Waals surface area contributed by atoms with Gasteiger partial charge < -0.3 is 23.8 Å². The van der Waals surface area contributed by atoms with Crippen LogP contribution in [0.2, 0.25) is 5.02 Å². The van der Waals surface area contributed by atoms with Gasteiger partial charge in [-0.3, -0.25) is 9.69 Å². The highest BCUT2D eigenvalue weighted by Crippen LogP contribution is 2.34. The van der Waals surface area contributed by atoms with Crippen LogP contribution in [-0.4, -0.2) is 72.2 Å². The molecule has 3 heterocycles. The molecule has 38 heavy (non-hydrogen) atoms. The molecule has 0 bridgehead atoms. The monoisotopic (exact) mass is 541 g/mol. The smallest absolute Gasteiger partial charge is 0.324 e. The molecule has 3 aromatic rings. The van der Waals surface area contributed by atoms with Gasteiger partial charge in [0.05, 0.1) is 18.7 Å². The Balaban J connectivity index is 1.55. The number of carbonyl (C=O) groups excluding carboxylic acids is 2. The molecule has 1 aliphatic heterocycles. The highest BCUT2D eigenvalue weighted by Gasteiger charge is 2.28. The number of pyridine rings is 1. The minimum Gasteiger partial charge on any atom is -0.493 e. The van der Waals surface area contributed by atoms with Crippen LogP contribution in [0.3, 0.4) is 0 Å². The van der Waals surface area contributed by atoms with E-state index in [9.17, 15) is 9.59 Å². The van der Waals surface area contributed by atoms with E-state index >= 15 is 0 Å². The highest BCUT2D eigenvalue weighted by molar-refractivity contribution is 6.35. The van der Waals surface area contributed by atoms with Crippen molar-refractivity contribution in [2.24, 2.45) is 0 Å². The van der Waals surface area contributed by atoms with Gasteiger partial charge in [-0.15, -0.1) is 0 Å². The second kappa shape index (κ2) is 12.4. The van der Waals surface area contributed by atoms with Crippen LogP contribution in [0.1, 0.15) is 38.2 Å². The molecule has 3 amide bonds. The Kier molecular flexibility index (Phi) is 8.99. The van der Waals surface area contributed by atoms with Crippen LogP contribution in [0.5, 0.6) is 11.5 Å². The van der Waals surface area contributed by atoms with Crippen LogP contribution >= 0.6 is 11.6 Å². The SMILES string of the molecule is CCCCCOc1cc(N2CCCN(Cc3ccnc4c3c(Cl)cn4CC(=O)N(C)C)C2=O)ccc1OC. The fraction of sp³-hybridized carbons (Fsp3) is 0.464. The van der Waals surface area contributed by atoms with E-state index in [1.807, 2.05) is 29.2 Å². The topological polar surface area (TPSA) is 80.1 Å². The van der Waals surface area contributed by atoms with Crippen molar-refractivity contribution in [2.45, 2.75) is 45.7 Å². The Morgan fingerprint density at radius 2 is 1.97 bits per heavy atom. The maximum absolute atomic E-state index is 13.6. The number of hydrogen-bond acceptors (Lipinski definition) is 5. The van der Waals surface area contributed by atoms with E-state index in [0.717, 1.165) is 42.3 Å². The van der Waals surface area contributed by atoms with Crippen LogP contribution in [0.15, 0.2) is 36.7 Å². The molecule has 0 atom stereocenters. The van der Waals surface area contributed by atoms with E-state index in [2.05, 4.69) is 11.9 Å². The average Bonchev–Trinajstić information content (AvgIpc) is 3.23. The summed E-state index contributed by atoms with van der Waals surface area (Å²) in [4.78, 5) is 35.5. The first kappa shape index (κ1) is 27.6. The number of benzene rings is 1. The van der Waals surface area contributed by atoms with E-state index in [-0.39, 0.29) is 18.5 Å². The van der Waals surface area contributed by atoms with Crippen molar-refractivity contribution in [3.8, 4) is 11.5 Å². The average molecular weight is 542 g/mol. The predicted octanol–water partition coefficient (Wildman–Crippen LogP) is 5.19. The van der Waals surface area contributed by atoms with Crippen molar-refractivity contribution in [1.82, 2.24) is 19.4 Å². The maximum atomic E-state index is 13.6. The predicted molar refractivity (Wildman–Crippen MR) is 149 cm³/mol. The molecule has 4 rings (SSSR count). The number of rotatable bonds is 11. The molecule has 1 fully saturated rings. The number of unbranched alkanes of at least 4 members (excludes halogenated alkanes) is 2. The van der Waals surface area contributed by atoms with E-state index < -0.39 is 0 Å². The van der Waals surface area contributed by atoms with E-state index in [1.165, 1.54) is 4.90 Å². The molecule has 0 N–H and O–H groups in total.